The number of nitrogens with one attached hydrogen (secondary N) is 1. The summed E-state index contributed by atoms with van der Waals surface area (Å²) in [6.07, 6.45) is 2.17. The molecule has 0 fully saturated rings. The lowest BCUT2D eigenvalue weighted by molar-refractivity contribution is 0.284. The van der Waals surface area contributed by atoms with E-state index in [2.05, 4.69) is 4.98 Å². The molecule has 0 saturated carbocycles. The molecule has 0 spiro atoms. The zero-order valence-corrected chi connectivity index (χ0v) is 11.0. The second kappa shape index (κ2) is 6.68. The Morgan fingerprint density at radius 3 is 2.85 bits per heavy atom. The van der Waals surface area contributed by atoms with Gasteiger partial charge in [-0.15, -0.1) is 0 Å². The summed E-state index contributed by atoms with van der Waals surface area (Å²) in [7, 11) is 0. The van der Waals surface area contributed by atoms with E-state index in [4.69, 9.17) is 21.0 Å². The van der Waals surface area contributed by atoms with Crippen LogP contribution >= 0.6 is 0 Å². The van der Waals surface area contributed by atoms with Crippen LogP contribution in [0.2, 0.25) is 0 Å². The molecule has 0 saturated heterocycles. The molecule has 0 atom stereocenters. The zero-order chi connectivity index (χ0) is 14.4. The largest absolute Gasteiger partial charge is 0.489 e. The number of aromatic nitrogens is 1. The Labute approximate surface area is 117 Å². The Bertz CT molecular complexity index is 599. The Balaban J connectivity index is 2.09. The van der Waals surface area contributed by atoms with Crippen molar-refractivity contribution in [3.05, 3.63) is 59.4 Å². The van der Waals surface area contributed by atoms with E-state index in [1.807, 2.05) is 30.3 Å². The van der Waals surface area contributed by atoms with Crippen LogP contribution in [0.25, 0.3) is 0 Å². The number of benzene rings is 1. The minimum absolute atomic E-state index is 0.0625. The number of pyridine rings is 1. The lowest BCUT2D eigenvalue weighted by Gasteiger charge is -2.11. The number of amidine groups is 1. The molecular weight excluding hydrogens is 254 g/mol. The number of hydrogen-bond donors (Lipinski definition) is 3. The first kappa shape index (κ1) is 14.0. The topological polar surface area (TPSA) is 92.2 Å². The molecule has 0 aliphatic heterocycles. The number of aliphatic hydroxyl groups excluding tert-OH is 1. The van der Waals surface area contributed by atoms with E-state index in [1.54, 1.807) is 12.3 Å². The molecule has 0 aliphatic carbocycles. The van der Waals surface area contributed by atoms with Crippen molar-refractivity contribution in [1.82, 2.24) is 4.98 Å². The van der Waals surface area contributed by atoms with Crippen LogP contribution in [0, 0.1) is 5.41 Å². The smallest absolute Gasteiger partial charge is 0.141 e. The molecule has 5 heteroatoms. The summed E-state index contributed by atoms with van der Waals surface area (Å²) >= 11 is 0. The van der Waals surface area contributed by atoms with Crippen LogP contribution in [-0.2, 0) is 13.0 Å². The molecule has 0 aliphatic rings. The molecule has 0 unspecified atom stereocenters. The maximum atomic E-state index is 9.03. The molecule has 1 aromatic heterocycles. The van der Waals surface area contributed by atoms with Gasteiger partial charge in [0.1, 0.15) is 23.9 Å². The maximum absolute atomic E-state index is 9.03. The molecule has 20 heavy (non-hydrogen) atoms. The minimum Gasteiger partial charge on any atom is -0.489 e. The van der Waals surface area contributed by atoms with Gasteiger partial charge in [0.15, 0.2) is 0 Å². The first-order valence-electron chi connectivity index (χ1n) is 6.31. The summed E-state index contributed by atoms with van der Waals surface area (Å²) in [5.41, 5.74) is 7.71. The number of hydrogen-bond acceptors (Lipinski definition) is 4. The first-order chi connectivity index (χ1) is 9.70. The summed E-state index contributed by atoms with van der Waals surface area (Å²) in [6, 6.07) is 11.2. The van der Waals surface area contributed by atoms with Crippen LogP contribution in [0.5, 0.6) is 5.75 Å². The predicted octanol–water partition coefficient (Wildman–Crippen LogP) is 1.48. The molecule has 0 amide bonds. The number of ether oxygens (including phenoxy) is 1. The van der Waals surface area contributed by atoms with Gasteiger partial charge in [0.05, 0.1) is 0 Å². The van der Waals surface area contributed by atoms with Gasteiger partial charge in [-0.2, -0.15) is 0 Å². The van der Waals surface area contributed by atoms with Crippen LogP contribution in [0.1, 0.15) is 16.8 Å². The number of para-hydroxylation sites is 1. The van der Waals surface area contributed by atoms with Gasteiger partial charge in [-0.25, -0.2) is 0 Å². The van der Waals surface area contributed by atoms with E-state index in [0.717, 1.165) is 16.9 Å². The van der Waals surface area contributed by atoms with Crippen molar-refractivity contribution >= 4 is 5.84 Å². The van der Waals surface area contributed by atoms with Gasteiger partial charge in [-0.3, -0.25) is 10.4 Å². The van der Waals surface area contributed by atoms with Gasteiger partial charge in [-0.05, 0) is 35.7 Å². The highest BCUT2D eigenvalue weighted by Gasteiger charge is 2.04. The van der Waals surface area contributed by atoms with Crippen LogP contribution < -0.4 is 10.5 Å². The van der Waals surface area contributed by atoms with Gasteiger partial charge >= 0.3 is 0 Å². The Morgan fingerprint density at radius 1 is 1.30 bits per heavy atom. The van der Waals surface area contributed by atoms with Gasteiger partial charge < -0.3 is 15.6 Å². The summed E-state index contributed by atoms with van der Waals surface area (Å²) in [6.45, 7) is 0.454. The van der Waals surface area contributed by atoms with E-state index < -0.39 is 0 Å². The molecule has 4 N–H and O–H groups in total. The highest BCUT2D eigenvalue weighted by atomic mass is 16.5. The average Bonchev–Trinajstić information content (AvgIpc) is 2.47. The fourth-order valence-electron chi connectivity index (χ4n) is 1.84. The Hall–Kier alpha value is -2.40. The fraction of sp³-hybridized carbons (Fsp3) is 0.200. The number of aliphatic hydroxyl groups is 1. The monoisotopic (exact) mass is 271 g/mol. The van der Waals surface area contributed by atoms with Gasteiger partial charge in [0.2, 0.25) is 0 Å². The highest BCUT2D eigenvalue weighted by molar-refractivity contribution is 5.93. The lowest BCUT2D eigenvalue weighted by atomic mass is 10.1. The molecule has 5 nitrogen and oxygen atoms in total. The SMILES string of the molecule is N=C(N)c1cc(COc2ccccc2CCO)ccn1. The summed E-state index contributed by atoms with van der Waals surface area (Å²) in [5.74, 6) is 0.690. The van der Waals surface area contributed by atoms with Crippen molar-refractivity contribution in [3.8, 4) is 5.75 Å². The number of nitrogens with two attached hydrogens (primary N) is 1. The average molecular weight is 271 g/mol. The zero-order valence-electron chi connectivity index (χ0n) is 11.0. The summed E-state index contributed by atoms with van der Waals surface area (Å²) < 4.78 is 5.76. The molecule has 0 radical (unpaired) electrons. The molecule has 2 rings (SSSR count). The standard InChI is InChI=1S/C15H17N3O2/c16-15(17)13-9-11(5-7-18-13)10-20-14-4-2-1-3-12(14)6-8-19/h1-5,7,9,19H,6,8,10H2,(H3,16,17). The predicted molar refractivity (Wildman–Crippen MR) is 76.8 cm³/mol. The van der Waals surface area contributed by atoms with E-state index in [1.165, 1.54) is 0 Å². The number of nitrogen functional groups attached to an aromatic ring is 1. The van der Waals surface area contributed by atoms with Crippen molar-refractivity contribution in [3.63, 3.8) is 0 Å². The van der Waals surface area contributed by atoms with E-state index in [0.29, 0.717) is 18.7 Å². The second-order valence-corrected chi connectivity index (χ2v) is 4.33. The third-order valence-electron chi connectivity index (χ3n) is 2.85. The maximum Gasteiger partial charge on any atom is 0.141 e. The second-order valence-electron chi connectivity index (χ2n) is 4.33. The van der Waals surface area contributed by atoms with Gasteiger partial charge in [-0.1, -0.05) is 18.2 Å². The van der Waals surface area contributed by atoms with Crippen LogP contribution in [0.15, 0.2) is 42.6 Å². The van der Waals surface area contributed by atoms with Crippen molar-refractivity contribution in [2.24, 2.45) is 5.73 Å². The molecule has 0 bridgehead atoms. The Morgan fingerprint density at radius 2 is 2.10 bits per heavy atom. The molecular formula is C15H17N3O2. The van der Waals surface area contributed by atoms with Crippen LogP contribution in [0.3, 0.4) is 0 Å². The quantitative estimate of drug-likeness (QED) is 0.548. The summed E-state index contributed by atoms with van der Waals surface area (Å²) in [4.78, 5) is 4.00. The number of rotatable bonds is 6. The van der Waals surface area contributed by atoms with Crippen LogP contribution in [-0.4, -0.2) is 22.5 Å². The Kier molecular flexibility index (Phi) is 4.68. The first-order valence-corrected chi connectivity index (χ1v) is 6.31. The van der Waals surface area contributed by atoms with E-state index >= 15 is 0 Å². The van der Waals surface area contributed by atoms with Gasteiger partial charge in [0, 0.05) is 12.8 Å². The molecule has 2 aromatic rings. The minimum atomic E-state index is -0.0625. The van der Waals surface area contributed by atoms with Crippen molar-refractivity contribution < 1.29 is 9.84 Å². The molecule has 1 aromatic carbocycles. The van der Waals surface area contributed by atoms with E-state index in [-0.39, 0.29) is 12.4 Å². The number of nitrogens with zero attached hydrogens (tertiary/aromatic N) is 1. The normalized spacial score (nSPS) is 10.2. The molecule has 1 heterocycles. The lowest BCUT2D eigenvalue weighted by Crippen LogP contribution is -2.13. The molecule has 104 valence electrons. The van der Waals surface area contributed by atoms with Crippen LogP contribution in [0.4, 0.5) is 0 Å². The van der Waals surface area contributed by atoms with E-state index in [9.17, 15) is 0 Å². The highest BCUT2D eigenvalue weighted by Crippen LogP contribution is 2.19. The van der Waals surface area contributed by atoms with Gasteiger partial charge in [0.25, 0.3) is 0 Å². The fourth-order valence-corrected chi connectivity index (χ4v) is 1.84. The summed E-state index contributed by atoms with van der Waals surface area (Å²) in [5, 5.41) is 16.4. The van der Waals surface area contributed by atoms with Crippen molar-refractivity contribution in [2.45, 2.75) is 13.0 Å². The third-order valence-corrected chi connectivity index (χ3v) is 2.85. The van der Waals surface area contributed by atoms with Crippen molar-refractivity contribution in [2.75, 3.05) is 6.61 Å². The third kappa shape index (κ3) is 3.55. The van der Waals surface area contributed by atoms with Crippen molar-refractivity contribution in [1.29, 1.82) is 5.41 Å².